The Bertz CT molecular complexity index is 342. The molecule has 0 bridgehead atoms. The van der Waals surface area contributed by atoms with Gasteiger partial charge >= 0.3 is 6.23 Å². The van der Waals surface area contributed by atoms with Crippen LogP contribution in [-0.4, -0.2) is 5.11 Å². The molecule has 3 nitrogen and oxygen atoms in total. The minimum atomic E-state index is -1.11. The van der Waals surface area contributed by atoms with Gasteiger partial charge in [-0.25, -0.2) is 6.57 Å². The number of hydrogen-bond acceptors (Lipinski definition) is 2. The number of aliphatic hydroxyl groups excluding tert-OH is 1. The fourth-order valence-electron chi connectivity index (χ4n) is 0.804. The van der Waals surface area contributed by atoms with E-state index in [1.54, 1.807) is 24.3 Å². The van der Waals surface area contributed by atoms with Crippen LogP contribution in [0.2, 0.25) is 0 Å². The molecule has 1 atom stereocenters. The molecule has 0 aliphatic heterocycles. The molecule has 1 unspecified atom stereocenters. The Hall–Kier alpha value is -1.84. The van der Waals surface area contributed by atoms with Gasteiger partial charge in [0.05, 0.1) is 17.2 Å². The number of hydrogen-bond donors (Lipinski definition) is 1. The summed E-state index contributed by atoms with van der Waals surface area (Å²) in [6, 6.07) is 8.24. The molecular formula is C9H6N2O. The van der Waals surface area contributed by atoms with Gasteiger partial charge in [0.2, 0.25) is 0 Å². The lowest BCUT2D eigenvalue weighted by atomic mass is 10.1. The van der Waals surface area contributed by atoms with Gasteiger partial charge in [0.15, 0.2) is 0 Å². The molecule has 0 fully saturated rings. The zero-order chi connectivity index (χ0) is 8.97. The van der Waals surface area contributed by atoms with Crippen LogP contribution in [0.15, 0.2) is 24.3 Å². The molecule has 0 heterocycles. The molecule has 0 aliphatic rings. The predicted octanol–water partition coefficient (Wildman–Crippen LogP) is 1.47. The fourth-order valence-corrected chi connectivity index (χ4v) is 0.804. The maximum absolute atomic E-state index is 9.06. The molecule has 1 aromatic rings. The van der Waals surface area contributed by atoms with Crippen molar-refractivity contribution >= 4 is 0 Å². The average Bonchev–Trinajstić information content (AvgIpc) is 2.17. The lowest BCUT2D eigenvalue weighted by Crippen LogP contribution is -1.89. The summed E-state index contributed by atoms with van der Waals surface area (Å²) in [5.74, 6) is 0. The van der Waals surface area contributed by atoms with Crippen molar-refractivity contribution in [3.8, 4) is 6.07 Å². The molecule has 0 amide bonds. The minimum absolute atomic E-state index is 0.518. The Morgan fingerprint density at radius 2 is 2.00 bits per heavy atom. The van der Waals surface area contributed by atoms with E-state index >= 15 is 0 Å². The van der Waals surface area contributed by atoms with Crippen molar-refractivity contribution in [2.75, 3.05) is 0 Å². The van der Waals surface area contributed by atoms with E-state index in [9.17, 15) is 0 Å². The maximum Gasteiger partial charge on any atom is 0.352 e. The van der Waals surface area contributed by atoms with Crippen LogP contribution in [0.1, 0.15) is 17.4 Å². The van der Waals surface area contributed by atoms with Crippen LogP contribution in [0.5, 0.6) is 0 Å². The van der Waals surface area contributed by atoms with E-state index in [-0.39, 0.29) is 0 Å². The van der Waals surface area contributed by atoms with Crippen LogP contribution < -0.4 is 0 Å². The van der Waals surface area contributed by atoms with Crippen LogP contribution in [0.4, 0.5) is 0 Å². The molecule has 58 valence electrons. The van der Waals surface area contributed by atoms with Gasteiger partial charge in [0, 0.05) is 0 Å². The molecule has 0 saturated carbocycles. The first-order valence-electron chi connectivity index (χ1n) is 3.32. The summed E-state index contributed by atoms with van der Waals surface area (Å²) in [5, 5.41) is 17.5. The highest BCUT2D eigenvalue weighted by atomic mass is 16.3. The normalized spacial score (nSPS) is 11.2. The summed E-state index contributed by atoms with van der Waals surface area (Å²) in [7, 11) is 0. The first kappa shape index (κ1) is 8.26. The molecule has 0 radical (unpaired) electrons. The van der Waals surface area contributed by atoms with Crippen LogP contribution in [0, 0.1) is 17.9 Å². The quantitative estimate of drug-likeness (QED) is 0.629. The van der Waals surface area contributed by atoms with Gasteiger partial charge in [-0.15, -0.1) is 0 Å². The number of rotatable bonds is 1. The van der Waals surface area contributed by atoms with E-state index in [0.29, 0.717) is 11.1 Å². The van der Waals surface area contributed by atoms with E-state index in [1.165, 1.54) is 0 Å². The van der Waals surface area contributed by atoms with E-state index in [0.717, 1.165) is 0 Å². The molecule has 3 heteroatoms. The lowest BCUT2D eigenvalue weighted by Gasteiger charge is -1.96. The Balaban J connectivity index is 2.96. The summed E-state index contributed by atoms with van der Waals surface area (Å²) < 4.78 is 0. The SMILES string of the molecule is [C-]#[N+]C(O)c1ccc(C#N)cc1. The van der Waals surface area contributed by atoms with E-state index < -0.39 is 6.23 Å². The second-order valence-electron chi connectivity index (χ2n) is 2.24. The van der Waals surface area contributed by atoms with Crippen molar-refractivity contribution in [3.63, 3.8) is 0 Å². The molecule has 0 aliphatic carbocycles. The fraction of sp³-hybridized carbons (Fsp3) is 0.111. The Morgan fingerprint density at radius 1 is 1.42 bits per heavy atom. The maximum atomic E-state index is 9.06. The van der Waals surface area contributed by atoms with Crippen molar-refractivity contribution in [2.45, 2.75) is 6.23 Å². The highest BCUT2D eigenvalue weighted by Crippen LogP contribution is 2.13. The lowest BCUT2D eigenvalue weighted by molar-refractivity contribution is 0.226. The molecule has 12 heavy (non-hydrogen) atoms. The van der Waals surface area contributed by atoms with E-state index in [1.807, 2.05) is 6.07 Å². The number of nitriles is 1. The summed E-state index contributed by atoms with van der Waals surface area (Å²) in [6.07, 6.45) is -1.11. The second-order valence-corrected chi connectivity index (χ2v) is 2.24. The van der Waals surface area contributed by atoms with Gasteiger partial charge < -0.3 is 5.11 Å². The van der Waals surface area contributed by atoms with Crippen LogP contribution in [-0.2, 0) is 0 Å². The molecule has 1 N–H and O–H groups in total. The predicted molar refractivity (Wildman–Crippen MR) is 42.7 cm³/mol. The molecule has 1 aromatic carbocycles. The van der Waals surface area contributed by atoms with Crippen molar-refractivity contribution in [1.82, 2.24) is 0 Å². The Morgan fingerprint density at radius 3 is 2.42 bits per heavy atom. The van der Waals surface area contributed by atoms with E-state index in [2.05, 4.69) is 4.85 Å². The Kier molecular flexibility index (Phi) is 2.42. The van der Waals surface area contributed by atoms with Crippen molar-refractivity contribution in [2.24, 2.45) is 0 Å². The largest absolute Gasteiger partial charge is 0.352 e. The highest BCUT2D eigenvalue weighted by Gasteiger charge is 2.08. The molecule has 0 spiro atoms. The highest BCUT2D eigenvalue weighted by molar-refractivity contribution is 5.32. The summed E-state index contributed by atoms with van der Waals surface area (Å²) in [5.41, 5.74) is 1.04. The Labute approximate surface area is 70.3 Å². The van der Waals surface area contributed by atoms with Crippen molar-refractivity contribution < 1.29 is 5.11 Å². The van der Waals surface area contributed by atoms with Gasteiger partial charge in [-0.1, -0.05) is 0 Å². The van der Waals surface area contributed by atoms with Gasteiger partial charge in [-0.2, -0.15) is 5.26 Å². The zero-order valence-corrected chi connectivity index (χ0v) is 6.23. The molecule has 0 aromatic heterocycles. The first-order chi connectivity index (χ1) is 5.77. The average molecular weight is 158 g/mol. The molecule has 0 saturated heterocycles. The second kappa shape index (κ2) is 3.52. The van der Waals surface area contributed by atoms with Crippen molar-refractivity contribution in [1.29, 1.82) is 5.26 Å². The van der Waals surface area contributed by atoms with Gasteiger partial charge in [-0.05, 0) is 24.3 Å². The number of nitrogens with zero attached hydrogens (tertiary/aromatic N) is 2. The number of aliphatic hydroxyl groups is 1. The number of benzene rings is 1. The molecule has 1 rings (SSSR count). The van der Waals surface area contributed by atoms with E-state index in [4.69, 9.17) is 16.9 Å². The van der Waals surface area contributed by atoms with Gasteiger partial charge in [-0.3, -0.25) is 4.85 Å². The van der Waals surface area contributed by atoms with Gasteiger partial charge in [0.25, 0.3) is 0 Å². The third kappa shape index (κ3) is 1.60. The van der Waals surface area contributed by atoms with Crippen LogP contribution in [0.3, 0.4) is 0 Å². The first-order valence-corrected chi connectivity index (χ1v) is 3.32. The third-order valence-electron chi connectivity index (χ3n) is 1.46. The summed E-state index contributed by atoms with van der Waals surface area (Å²) in [4.78, 5) is 2.94. The van der Waals surface area contributed by atoms with Crippen LogP contribution in [0.25, 0.3) is 4.85 Å². The summed E-state index contributed by atoms with van der Waals surface area (Å²) >= 11 is 0. The molecular weight excluding hydrogens is 152 g/mol. The van der Waals surface area contributed by atoms with Crippen LogP contribution >= 0.6 is 0 Å². The zero-order valence-electron chi connectivity index (χ0n) is 6.23. The van der Waals surface area contributed by atoms with Crippen molar-refractivity contribution in [3.05, 3.63) is 46.8 Å². The summed E-state index contributed by atoms with van der Waals surface area (Å²) in [6.45, 7) is 6.55. The monoisotopic (exact) mass is 158 g/mol. The smallest absolute Gasteiger partial charge is 0.322 e. The third-order valence-corrected chi connectivity index (χ3v) is 1.46. The topological polar surface area (TPSA) is 48.4 Å². The standard InChI is InChI=1S/C9H6N2O/c1-11-9(12)8-4-2-7(6-10)3-5-8/h2-5,9,12H. The minimum Gasteiger partial charge on any atom is -0.322 e. The van der Waals surface area contributed by atoms with Gasteiger partial charge in [0.1, 0.15) is 0 Å².